The summed E-state index contributed by atoms with van der Waals surface area (Å²) in [7, 11) is 0. The second-order valence-electron chi connectivity index (χ2n) is 6.88. The van der Waals surface area contributed by atoms with Crippen molar-refractivity contribution in [2.75, 3.05) is 0 Å². The van der Waals surface area contributed by atoms with Crippen LogP contribution in [0.2, 0.25) is 0 Å². The van der Waals surface area contributed by atoms with Crippen LogP contribution in [-0.4, -0.2) is 0 Å². The molecular weight excluding hydrogens is 268 g/mol. The van der Waals surface area contributed by atoms with E-state index in [1.807, 2.05) is 6.08 Å². The lowest BCUT2D eigenvalue weighted by molar-refractivity contribution is 0.297. The molecule has 2 aliphatic rings. The Labute approximate surface area is 136 Å². The molecule has 0 bridgehead atoms. The Hall–Kier alpha value is -1.50. The van der Waals surface area contributed by atoms with Gasteiger partial charge in [-0.3, -0.25) is 0 Å². The second kappa shape index (κ2) is 7.17. The third kappa shape index (κ3) is 3.45. The Morgan fingerprint density at radius 3 is 2.55 bits per heavy atom. The Bertz CT molecular complexity index is 565. The summed E-state index contributed by atoms with van der Waals surface area (Å²) in [6, 6.07) is 0. The predicted octanol–water partition coefficient (Wildman–Crippen LogP) is 6.47. The fourth-order valence-corrected chi connectivity index (χ4v) is 3.19. The van der Waals surface area contributed by atoms with Gasteiger partial charge in [0.25, 0.3) is 0 Å². The summed E-state index contributed by atoms with van der Waals surface area (Å²) in [5.74, 6) is 3.18. The standard InChI is InChI=1S/C21H30O/c1-7-16(14(3)4)13-20-17(8-2)12-18-10-9-11-19(15(5)6)21(18)22-20/h7,12-15H,1,8-11H2,2-6H3/b16-13+. The van der Waals surface area contributed by atoms with Gasteiger partial charge in [0.1, 0.15) is 11.5 Å². The summed E-state index contributed by atoms with van der Waals surface area (Å²) >= 11 is 0. The molecule has 0 spiro atoms. The van der Waals surface area contributed by atoms with E-state index < -0.39 is 0 Å². The average Bonchev–Trinajstić information content (AvgIpc) is 2.50. The Morgan fingerprint density at radius 2 is 2.00 bits per heavy atom. The first-order valence-electron chi connectivity index (χ1n) is 8.66. The minimum atomic E-state index is 0.460. The van der Waals surface area contributed by atoms with Gasteiger partial charge in [-0.2, -0.15) is 0 Å². The molecule has 0 fully saturated rings. The smallest absolute Gasteiger partial charge is 0.130 e. The van der Waals surface area contributed by atoms with Crippen LogP contribution in [0.1, 0.15) is 60.3 Å². The van der Waals surface area contributed by atoms with Gasteiger partial charge in [0, 0.05) is 0 Å². The van der Waals surface area contributed by atoms with Crippen molar-refractivity contribution in [3.8, 4) is 0 Å². The first-order valence-corrected chi connectivity index (χ1v) is 8.66. The van der Waals surface area contributed by atoms with E-state index in [2.05, 4.69) is 53.3 Å². The molecule has 0 unspecified atom stereocenters. The number of hydrogen-bond acceptors (Lipinski definition) is 1. The van der Waals surface area contributed by atoms with Crippen LogP contribution in [0, 0.1) is 11.8 Å². The fourth-order valence-electron chi connectivity index (χ4n) is 3.19. The lowest BCUT2D eigenvalue weighted by Gasteiger charge is -2.30. The minimum Gasteiger partial charge on any atom is -0.457 e. The predicted molar refractivity (Wildman–Crippen MR) is 95.3 cm³/mol. The van der Waals surface area contributed by atoms with Crippen molar-refractivity contribution >= 4 is 0 Å². The number of rotatable bonds is 5. The zero-order chi connectivity index (χ0) is 16.3. The van der Waals surface area contributed by atoms with Crippen molar-refractivity contribution in [3.63, 3.8) is 0 Å². The maximum atomic E-state index is 6.42. The van der Waals surface area contributed by atoms with E-state index in [1.165, 1.54) is 35.1 Å². The fraction of sp³-hybridized carbons (Fsp3) is 0.524. The molecule has 0 radical (unpaired) electrons. The molecular formula is C21H30O. The number of allylic oxidation sites excluding steroid dienone is 7. The van der Waals surface area contributed by atoms with Crippen LogP contribution in [0.15, 0.2) is 58.6 Å². The van der Waals surface area contributed by atoms with Crippen molar-refractivity contribution in [3.05, 3.63) is 58.6 Å². The first-order chi connectivity index (χ1) is 10.5. The summed E-state index contributed by atoms with van der Waals surface area (Å²) < 4.78 is 6.42. The first kappa shape index (κ1) is 16.9. The molecule has 0 N–H and O–H groups in total. The highest BCUT2D eigenvalue weighted by atomic mass is 16.5. The van der Waals surface area contributed by atoms with Crippen LogP contribution < -0.4 is 0 Å². The molecule has 1 nitrogen and oxygen atoms in total. The summed E-state index contributed by atoms with van der Waals surface area (Å²) in [5, 5.41) is 0. The van der Waals surface area contributed by atoms with E-state index in [0.29, 0.717) is 11.8 Å². The number of hydrogen-bond donors (Lipinski definition) is 0. The molecule has 2 rings (SSSR count). The summed E-state index contributed by atoms with van der Waals surface area (Å²) in [6.07, 6.45) is 11.1. The van der Waals surface area contributed by atoms with E-state index in [1.54, 1.807) is 0 Å². The molecule has 22 heavy (non-hydrogen) atoms. The zero-order valence-corrected chi connectivity index (χ0v) is 14.8. The van der Waals surface area contributed by atoms with Crippen molar-refractivity contribution in [2.24, 2.45) is 11.8 Å². The molecule has 1 aliphatic heterocycles. The molecule has 0 aromatic carbocycles. The lowest BCUT2D eigenvalue weighted by Crippen LogP contribution is -2.14. The molecule has 1 aliphatic carbocycles. The molecule has 0 amide bonds. The van der Waals surface area contributed by atoms with Gasteiger partial charge in [-0.15, -0.1) is 0 Å². The summed E-state index contributed by atoms with van der Waals surface area (Å²) in [4.78, 5) is 0. The van der Waals surface area contributed by atoms with Gasteiger partial charge in [0.05, 0.1) is 0 Å². The van der Waals surface area contributed by atoms with Crippen LogP contribution in [0.3, 0.4) is 0 Å². The van der Waals surface area contributed by atoms with Gasteiger partial charge in [-0.1, -0.05) is 47.3 Å². The van der Waals surface area contributed by atoms with Crippen molar-refractivity contribution in [1.29, 1.82) is 0 Å². The van der Waals surface area contributed by atoms with Crippen molar-refractivity contribution < 1.29 is 4.74 Å². The van der Waals surface area contributed by atoms with Gasteiger partial charge in [-0.25, -0.2) is 0 Å². The van der Waals surface area contributed by atoms with E-state index in [0.717, 1.165) is 24.4 Å². The van der Waals surface area contributed by atoms with E-state index >= 15 is 0 Å². The van der Waals surface area contributed by atoms with Gasteiger partial charge < -0.3 is 4.74 Å². The maximum Gasteiger partial charge on any atom is 0.130 e. The molecule has 0 saturated carbocycles. The molecule has 1 heteroatoms. The quantitative estimate of drug-likeness (QED) is 0.528. The molecule has 1 heterocycles. The zero-order valence-electron chi connectivity index (χ0n) is 14.8. The van der Waals surface area contributed by atoms with Gasteiger partial charge in [-0.05, 0) is 72.0 Å². The third-order valence-electron chi connectivity index (χ3n) is 4.63. The number of ether oxygens (including phenoxy) is 1. The highest BCUT2D eigenvalue weighted by Crippen LogP contribution is 2.40. The van der Waals surface area contributed by atoms with Gasteiger partial charge in [0.2, 0.25) is 0 Å². The summed E-state index contributed by atoms with van der Waals surface area (Å²) in [6.45, 7) is 15.1. The average molecular weight is 298 g/mol. The van der Waals surface area contributed by atoms with E-state index in [4.69, 9.17) is 4.74 Å². The largest absolute Gasteiger partial charge is 0.457 e. The molecule has 0 atom stereocenters. The minimum absolute atomic E-state index is 0.460. The van der Waals surface area contributed by atoms with Crippen LogP contribution >= 0.6 is 0 Å². The SMILES string of the molecule is C=C/C(=C\C1=C(CC)C=C2CCCC(C(C)C)=C2O1)C(C)C. The monoisotopic (exact) mass is 298 g/mol. The molecule has 0 aromatic heterocycles. The molecule has 0 saturated heterocycles. The van der Waals surface area contributed by atoms with Crippen LogP contribution in [-0.2, 0) is 4.74 Å². The Balaban J connectivity index is 2.49. The Kier molecular flexibility index (Phi) is 5.50. The van der Waals surface area contributed by atoms with E-state index in [-0.39, 0.29) is 0 Å². The second-order valence-corrected chi connectivity index (χ2v) is 6.88. The van der Waals surface area contributed by atoms with Crippen LogP contribution in [0.5, 0.6) is 0 Å². The van der Waals surface area contributed by atoms with Crippen molar-refractivity contribution in [2.45, 2.75) is 60.3 Å². The van der Waals surface area contributed by atoms with Gasteiger partial charge >= 0.3 is 0 Å². The van der Waals surface area contributed by atoms with Gasteiger partial charge in [0.15, 0.2) is 0 Å². The Morgan fingerprint density at radius 1 is 1.27 bits per heavy atom. The highest BCUT2D eigenvalue weighted by Gasteiger charge is 2.26. The van der Waals surface area contributed by atoms with Crippen LogP contribution in [0.25, 0.3) is 0 Å². The maximum absolute atomic E-state index is 6.42. The molecule has 120 valence electrons. The lowest BCUT2D eigenvalue weighted by atomic mass is 9.85. The number of fused-ring (bicyclic) bond motifs is 1. The third-order valence-corrected chi connectivity index (χ3v) is 4.63. The van der Waals surface area contributed by atoms with Crippen molar-refractivity contribution in [1.82, 2.24) is 0 Å². The normalized spacial score (nSPS) is 19.4. The van der Waals surface area contributed by atoms with Crippen LogP contribution in [0.4, 0.5) is 0 Å². The topological polar surface area (TPSA) is 9.23 Å². The highest BCUT2D eigenvalue weighted by molar-refractivity contribution is 5.48. The van der Waals surface area contributed by atoms with E-state index in [9.17, 15) is 0 Å². The molecule has 0 aromatic rings. The summed E-state index contributed by atoms with van der Waals surface area (Å²) in [5.41, 5.74) is 5.42.